The summed E-state index contributed by atoms with van der Waals surface area (Å²) in [7, 11) is 0. The molecule has 196 valence electrons. The molecule has 37 heavy (non-hydrogen) atoms. The summed E-state index contributed by atoms with van der Waals surface area (Å²) in [4.78, 5) is 51.6. The van der Waals surface area contributed by atoms with Crippen LogP contribution in [-0.4, -0.2) is 66.9 Å². The van der Waals surface area contributed by atoms with Gasteiger partial charge >= 0.3 is 11.1 Å². The molecule has 2 aromatic rings. The summed E-state index contributed by atoms with van der Waals surface area (Å²) in [6.45, 7) is 1.97. The first-order valence-electron chi connectivity index (χ1n) is 10.8. The first-order valence-corrected chi connectivity index (χ1v) is 13.8. The number of carboxylic acids is 1. The van der Waals surface area contributed by atoms with E-state index in [2.05, 4.69) is 20.4 Å². The quantitative estimate of drug-likeness (QED) is 0.0459. The van der Waals surface area contributed by atoms with Crippen molar-refractivity contribution in [3.05, 3.63) is 34.1 Å². The Hall–Kier alpha value is -3.57. The van der Waals surface area contributed by atoms with E-state index in [4.69, 9.17) is 22.1 Å². The van der Waals surface area contributed by atoms with Crippen LogP contribution in [0.2, 0.25) is 0 Å². The highest BCUT2D eigenvalue weighted by Crippen LogP contribution is 2.41. The molecule has 2 aromatic heterocycles. The number of nitrogens with zero attached hydrogens (tertiary/aromatic N) is 5. The van der Waals surface area contributed by atoms with Crippen LogP contribution < -0.4 is 27.3 Å². The maximum Gasteiger partial charge on any atom is 0.384 e. The van der Waals surface area contributed by atoms with Crippen molar-refractivity contribution >= 4 is 69.8 Å². The monoisotopic (exact) mass is 566 g/mol. The van der Waals surface area contributed by atoms with Gasteiger partial charge in [0, 0.05) is 16.9 Å². The largest absolute Gasteiger partial charge is 0.477 e. The third kappa shape index (κ3) is 5.72. The molecule has 2 atom stereocenters. The van der Waals surface area contributed by atoms with E-state index < -0.39 is 29.2 Å². The van der Waals surface area contributed by atoms with Gasteiger partial charge in [-0.05, 0) is 28.7 Å². The van der Waals surface area contributed by atoms with Gasteiger partial charge in [0.1, 0.15) is 29.5 Å². The predicted octanol–water partition coefficient (Wildman–Crippen LogP) is -0.700. The molecule has 14 nitrogen and oxygen atoms in total. The molecule has 0 radical (unpaired) electrons. The van der Waals surface area contributed by atoms with Crippen LogP contribution in [-0.2, 0) is 32.2 Å². The Morgan fingerprint density at radius 3 is 2.89 bits per heavy atom. The number of aryl methyl sites for hydroxylation is 1. The molecule has 4 heterocycles. The zero-order chi connectivity index (χ0) is 26.7. The number of oxime groups is 1. The standard InChI is InChI=1S/C20H23N9O5S3/c1-2-9-4-28(23)20(27-15(9)21)37-7-10-6-35-17-13(16(31)29(17)14(10)18(32)33)26-12(30)3-24-34-5-11-8-36-19(22)25-11/h3-4,8,13,17,21H,2,5-7,23H2,1H3,(H4,22,25,26,30,32,33)/p+1/b24-3-. The number of hydrogen-bond donors (Lipinski definition) is 5. The van der Waals surface area contributed by atoms with E-state index in [1.165, 1.54) is 44.4 Å². The Balaban J connectivity index is 1.37. The summed E-state index contributed by atoms with van der Waals surface area (Å²) in [5, 5.41) is 17.9. The molecule has 1 saturated heterocycles. The van der Waals surface area contributed by atoms with Gasteiger partial charge in [-0.3, -0.25) is 20.3 Å². The molecule has 2 unspecified atom stereocenters. The lowest BCUT2D eigenvalue weighted by atomic mass is 10.0. The molecule has 2 aliphatic rings. The second kappa shape index (κ2) is 11.2. The van der Waals surface area contributed by atoms with Crippen molar-refractivity contribution in [1.82, 2.24) is 20.2 Å². The number of nitrogens with one attached hydrogen (secondary N) is 1. The lowest BCUT2D eigenvalue weighted by Crippen LogP contribution is -2.70. The number of thiazole rings is 1. The smallest absolute Gasteiger partial charge is 0.384 e. The average Bonchev–Trinajstić information content (AvgIpc) is 3.29. The van der Waals surface area contributed by atoms with Crippen LogP contribution in [0.1, 0.15) is 18.2 Å². The molecule has 8 N–H and O–H groups in total. The van der Waals surface area contributed by atoms with E-state index in [-0.39, 0.29) is 18.1 Å². The lowest BCUT2D eigenvalue weighted by molar-refractivity contribution is -0.682. The highest BCUT2D eigenvalue weighted by molar-refractivity contribution is 8.01. The van der Waals surface area contributed by atoms with E-state index >= 15 is 0 Å². The predicted molar refractivity (Wildman–Crippen MR) is 139 cm³/mol. The van der Waals surface area contributed by atoms with Crippen molar-refractivity contribution < 1.29 is 29.0 Å². The van der Waals surface area contributed by atoms with E-state index in [0.717, 1.165) is 11.8 Å². The van der Waals surface area contributed by atoms with Crippen molar-refractivity contribution in [3.63, 3.8) is 0 Å². The van der Waals surface area contributed by atoms with Crippen molar-refractivity contribution in [1.29, 1.82) is 0 Å². The Labute approximate surface area is 223 Å². The maximum atomic E-state index is 12.8. The Morgan fingerprint density at radius 1 is 1.43 bits per heavy atom. The molecule has 0 saturated carbocycles. The van der Waals surface area contributed by atoms with Gasteiger partial charge in [-0.15, -0.1) is 27.8 Å². The number of aliphatic carboxylic acids is 1. The Bertz CT molecular complexity index is 1300. The SMILES string of the molecule is CCc1c[n+](N)c(SCC2=C(C(=O)O)N3C(=O)C(NC(=O)/C=N\OCc4csc(N)n4)C3SC2)nc1N. The fraction of sp³-hybridized carbons (Fsp3) is 0.350. The second-order valence-electron chi connectivity index (χ2n) is 7.82. The van der Waals surface area contributed by atoms with E-state index in [1.54, 1.807) is 11.6 Å². The molecular formula is C20H24N9O5S3+. The van der Waals surface area contributed by atoms with Crippen molar-refractivity contribution in [2.24, 2.45) is 5.16 Å². The topological polar surface area (TPSA) is 216 Å². The van der Waals surface area contributed by atoms with Crippen LogP contribution in [0.3, 0.4) is 0 Å². The van der Waals surface area contributed by atoms with Crippen LogP contribution in [0.5, 0.6) is 0 Å². The normalized spacial score (nSPS) is 19.1. The minimum atomic E-state index is -1.23. The highest BCUT2D eigenvalue weighted by Gasteiger charge is 2.54. The van der Waals surface area contributed by atoms with Crippen LogP contribution in [0.4, 0.5) is 10.9 Å². The molecule has 4 rings (SSSR count). The molecular weight excluding hydrogens is 542 g/mol. The Kier molecular flexibility index (Phi) is 8.03. The van der Waals surface area contributed by atoms with Crippen molar-refractivity contribution in [3.8, 4) is 0 Å². The molecule has 1 fully saturated rings. The van der Waals surface area contributed by atoms with Gasteiger partial charge in [-0.1, -0.05) is 12.1 Å². The summed E-state index contributed by atoms with van der Waals surface area (Å²) in [6, 6.07) is -0.889. The third-order valence-corrected chi connectivity index (χ3v) is 8.51. The van der Waals surface area contributed by atoms with Gasteiger partial charge in [0.15, 0.2) is 11.7 Å². The summed E-state index contributed by atoms with van der Waals surface area (Å²) in [6.07, 6.45) is 3.25. The Morgan fingerprint density at radius 2 is 2.22 bits per heavy atom. The molecule has 2 aliphatic heterocycles. The summed E-state index contributed by atoms with van der Waals surface area (Å²) >= 11 is 3.83. The van der Waals surface area contributed by atoms with Crippen LogP contribution in [0.25, 0.3) is 0 Å². The second-order valence-corrected chi connectivity index (χ2v) is 10.8. The van der Waals surface area contributed by atoms with E-state index in [0.29, 0.717) is 39.5 Å². The van der Waals surface area contributed by atoms with E-state index in [9.17, 15) is 19.5 Å². The number of fused-ring (bicyclic) bond motifs is 1. The zero-order valence-corrected chi connectivity index (χ0v) is 21.9. The van der Waals surface area contributed by atoms with Gasteiger partial charge in [0.25, 0.3) is 11.8 Å². The number of amides is 2. The number of carbonyl (C=O) groups is 3. The molecule has 0 aliphatic carbocycles. The fourth-order valence-corrected chi connectivity index (χ4v) is 6.54. The summed E-state index contributed by atoms with van der Waals surface area (Å²) < 4.78 is 1.34. The van der Waals surface area contributed by atoms with Gasteiger partial charge in [-0.25, -0.2) is 9.78 Å². The number of hydrogen-bond acceptors (Lipinski definition) is 13. The van der Waals surface area contributed by atoms with Crippen LogP contribution >= 0.6 is 34.9 Å². The van der Waals surface area contributed by atoms with Gasteiger partial charge < -0.3 is 26.7 Å². The zero-order valence-electron chi connectivity index (χ0n) is 19.5. The van der Waals surface area contributed by atoms with E-state index in [1.807, 2.05) is 6.92 Å². The lowest BCUT2D eigenvalue weighted by Gasteiger charge is -2.49. The van der Waals surface area contributed by atoms with Gasteiger partial charge in [0.2, 0.25) is 5.82 Å². The number of rotatable bonds is 10. The number of carbonyl (C=O) groups excluding carboxylic acids is 2. The number of carboxylic acid groups (broad SMARTS) is 1. The molecule has 17 heteroatoms. The maximum absolute atomic E-state index is 12.8. The van der Waals surface area contributed by atoms with Gasteiger partial charge in [-0.2, -0.15) is 0 Å². The highest BCUT2D eigenvalue weighted by atomic mass is 32.2. The average molecular weight is 567 g/mol. The minimum Gasteiger partial charge on any atom is -0.477 e. The van der Waals surface area contributed by atoms with Crippen molar-refractivity contribution in [2.75, 3.05) is 28.8 Å². The summed E-state index contributed by atoms with van der Waals surface area (Å²) in [5.74, 6) is 4.54. The first kappa shape index (κ1) is 26.5. The molecule has 0 spiro atoms. The number of aromatic nitrogens is 3. The third-order valence-electron chi connectivity index (χ3n) is 5.39. The fourth-order valence-electron chi connectivity index (χ4n) is 3.62. The number of nitrogen functional groups attached to an aromatic ring is 3. The van der Waals surface area contributed by atoms with Crippen molar-refractivity contribution in [2.45, 2.75) is 36.5 Å². The molecule has 0 aromatic carbocycles. The molecule has 0 bridgehead atoms. The number of nitrogens with two attached hydrogens (primary N) is 3. The molecule has 2 amide bonds. The number of anilines is 2. The number of thioether (sulfide) groups is 2. The summed E-state index contributed by atoms with van der Waals surface area (Å²) in [5.41, 5.74) is 13.3. The number of β-lactam (4-membered cyclic amide) rings is 1. The van der Waals surface area contributed by atoms with Crippen LogP contribution in [0.15, 0.2) is 33.2 Å². The van der Waals surface area contributed by atoms with Crippen LogP contribution in [0, 0.1) is 0 Å². The first-order chi connectivity index (χ1) is 17.7. The minimum absolute atomic E-state index is 0.0364. The van der Waals surface area contributed by atoms with Gasteiger partial charge in [0.05, 0.1) is 11.3 Å².